The zero-order chi connectivity index (χ0) is 21.4. The van der Waals surface area contributed by atoms with Gasteiger partial charge in [-0.15, -0.1) is 0 Å². The zero-order valence-electron chi connectivity index (χ0n) is 16.9. The Morgan fingerprint density at radius 2 is 1.66 bits per heavy atom. The van der Waals surface area contributed by atoms with Gasteiger partial charge in [-0.1, -0.05) is 48.0 Å². The highest BCUT2D eigenvalue weighted by atomic mass is 32.2. The first-order chi connectivity index (χ1) is 13.5. The number of benzene rings is 2. The van der Waals surface area contributed by atoms with Crippen LogP contribution >= 0.6 is 0 Å². The summed E-state index contributed by atoms with van der Waals surface area (Å²) in [7, 11) is -3.89. The van der Waals surface area contributed by atoms with Crippen molar-refractivity contribution in [3.8, 4) is 0 Å². The van der Waals surface area contributed by atoms with Crippen molar-refractivity contribution in [3.05, 3.63) is 65.7 Å². The second-order valence-electron chi connectivity index (χ2n) is 8.34. The van der Waals surface area contributed by atoms with Crippen molar-refractivity contribution in [1.82, 2.24) is 5.32 Å². The smallest absolute Gasteiger partial charge is 0.408 e. The Hall–Kier alpha value is -2.67. The van der Waals surface area contributed by atoms with E-state index in [-0.39, 0.29) is 4.90 Å². The number of aryl methyl sites for hydroxylation is 1. The van der Waals surface area contributed by atoms with Crippen LogP contribution in [-0.4, -0.2) is 37.2 Å². The largest absolute Gasteiger partial charge is 0.444 e. The fourth-order valence-electron chi connectivity index (χ4n) is 3.59. The molecule has 0 heterocycles. The van der Waals surface area contributed by atoms with Crippen LogP contribution in [0.3, 0.4) is 0 Å². The van der Waals surface area contributed by atoms with Crippen LogP contribution in [0.15, 0.2) is 59.5 Å². The number of hydrogen-bond donors (Lipinski definition) is 1. The molecule has 0 spiro atoms. The van der Waals surface area contributed by atoms with Crippen molar-refractivity contribution >= 4 is 22.2 Å². The van der Waals surface area contributed by atoms with Crippen molar-refractivity contribution in [2.75, 3.05) is 0 Å². The van der Waals surface area contributed by atoms with Crippen LogP contribution in [0, 0.1) is 6.92 Å². The maximum absolute atomic E-state index is 13.4. The summed E-state index contributed by atoms with van der Waals surface area (Å²) in [4.78, 5) is 24.7. The van der Waals surface area contributed by atoms with Crippen LogP contribution in [0.25, 0.3) is 0 Å². The van der Waals surface area contributed by atoms with E-state index in [9.17, 15) is 18.0 Å². The molecule has 0 aliphatic heterocycles. The maximum Gasteiger partial charge on any atom is 0.408 e. The van der Waals surface area contributed by atoms with Crippen molar-refractivity contribution in [3.63, 3.8) is 0 Å². The predicted molar refractivity (Wildman–Crippen MR) is 110 cm³/mol. The van der Waals surface area contributed by atoms with Gasteiger partial charge in [0.1, 0.15) is 22.7 Å². The van der Waals surface area contributed by atoms with Crippen molar-refractivity contribution in [1.29, 1.82) is 0 Å². The van der Waals surface area contributed by atoms with E-state index >= 15 is 0 Å². The summed E-state index contributed by atoms with van der Waals surface area (Å²) in [6.07, 6.45) is -0.308. The number of rotatable bonds is 5. The minimum Gasteiger partial charge on any atom is -0.444 e. The lowest BCUT2D eigenvalue weighted by Gasteiger charge is -2.22. The number of carbonyl (C=O) groups is 2. The van der Waals surface area contributed by atoms with E-state index in [0.717, 1.165) is 5.56 Å². The van der Waals surface area contributed by atoms with Crippen molar-refractivity contribution in [2.24, 2.45) is 0 Å². The summed E-state index contributed by atoms with van der Waals surface area (Å²) in [6.45, 7) is 6.95. The fraction of sp³-hybridized carbons (Fsp3) is 0.364. The highest BCUT2D eigenvalue weighted by molar-refractivity contribution is 7.92. The van der Waals surface area contributed by atoms with Crippen LogP contribution in [-0.2, 0) is 19.4 Å². The second kappa shape index (κ2) is 7.30. The number of carbonyl (C=O) groups excluding carboxylic acids is 2. The van der Waals surface area contributed by atoms with Crippen LogP contribution in [0.5, 0.6) is 0 Å². The Morgan fingerprint density at radius 1 is 1.07 bits per heavy atom. The van der Waals surface area contributed by atoms with Gasteiger partial charge in [0.15, 0.2) is 9.84 Å². The van der Waals surface area contributed by atoms with Gasteiger partial charge in [0, 0.05) is 5.92 Å². The third-order valence-corrected chi connectivity index (χ3v) is 7.19. The number of nitrogens with one attached hydrogen (secondary N) is 1. The molecule has 3 rings (SSSR count). The third kappa shape index (κ3) is 4.05. The van der Waals surface area contributed by atoms with Crippen molar-refractivity contribution in [2.45, 2.75) is 54.9 Å². The Balaban J connectivity index is 2.03. The Labute approximate surface area is 171 Å². The first kappa shape index (κ1) is 21.0. The molecular formula is C22H25NO5S. The third-order valence-electron chi connectivity index (χ3n) is 4.93. The molecule has 2 aromatic rings. The van der Waals surface area contributed by atoms with E-state index in [1.54, 1.807) is 63.2 Å². The molecule has 0 radical (unpaired) electrons. The number of hydrogen-bond acceptors (Lipinski definition) is 5. The molecule has 1 fully saturated rings. The Morgan fingerprint density at radius 3 is 2.17 bits per heavy atom. The molecule has 1 N–H and O–H groups in total. The van der Waals surface area contributed by atoms with Crippen LogP contribution < -0.4 is 5.32 Å². The van der Waals surface area contributed by atoms with E-state index in [4.69, 9.17) is 4.74 Å². The average molecular weight is 416 g/mol. The summed E-state index contributed by atoms with van der Waals surface area (Å²) in [5.74, 6) is -0.708. The van der Waals surface area contributed by atoms with E-state index in [1.807, 2.05) is 6.92 Å². The summed E-state index contributed by atoms with van der Waals surface area (Å²) in [5.41, 5.74) is -0.784. The van der Waals surface area contributed by atoms with Gasteiger partial charge in [0.2, 0.25) is 0 Å². The van der Waals surface area contributed by atoms with Gasteiger partial charge in [-0.2, -0.15) is 0 Å². The Kier molecular flexibility index (Phi) is 5.30. The fourth-order valence-corrected chi connectivity index (χ4v) is 5.84. The lowest BCUT2D eigenvalue weighted by atomic mass is 10.1. The number of ether oxygens (including phenoxy) is 1. The van der Waals surface area contributed by atoms with Crippen LogP contribution in [0.1, 0.15) is 37.8 Å². The van der Waals surface area contributed by atoms with Gasteiger partial charge in [-0.25, -0.2) is 13.2 Å². The zero-order valence-corrected chi connectivity index (χ0v) is 17.7. The average Bonchev–Trinajstić information content (AvgIpc) is 3.30. The first-order valence-corrected chi connectivity index (χ1v) is 10.9. The standard InChI is InChI=1S/C22H25NO5S/c1-15-10-12-17(13-11-15)29(26,27)19-18(16-8-6-5-7-9-16)22(19,14-24)23-20(25)28-21(2,3)4/h5-14,18-19H,1-4H3,(H,23,25)/t18-,19+,22+/m0/s1. The lowest BCUT2D eigenvalue weighted by Crippen LogP contribution is -2.45. The van der Waals surface area contributed by atoms with E-state index < -0.39 is 38.2 Å². The maximum atomic E-state index is 13.4. The predicted octanol–water partition coefficient (Wildman–Crippen LogP) is 3.40. The molecule has 3 atom stereocenters. The van der Waals surface area contributed by atoms with Gasteiger partial charge in [0.25, 0.3) is 0 Å². The molecule has 29 heavy (non-hydrogen) atoms. The highest BCUT2D eigenvalue weighted by Crippen LogP contribution is 2.56. The molecule has 1 amide bonds. The molecule has 0 unspecified atom stereocenters. The summed E-state index contributed by atoms with van der Waals surface area (Å²) in [5, 5.41) is 1.43. The quantitative estimate of drug-likeness (QED) is 0.756. The van der Waals surface area contributed by atoms with Crippen LogP contribution in [0.2, 0.25) is 0 Å². The van der Waals surface area contributed by atoms with Gasteiger partial charge < -0.3 is 14.8 Å². The molecule has 1 saturated carbocycles. The molecule has 0 bridgehead atoms. The Bertz CT molecular complexity index is 1010. The highest BCUT2D eigenvalue weighted by Gasteiger charge is 2.73. The molecule has 2 aromatic carbocycles. The SMILES string of the molecule is Cc1ccc(S(=O)(=O)[C@@H]2[C@H](c3ccccc3)[C@@]2(C=O)NC(=O)OC(C)(C)C)cc1. The molecule has 0 saturated heterocycles. The number of sulfone groups is 1. The van der Waals surface area contributed by atoms with E-state index in [0.29, 0.717) is 11.8 Å². The molecule has 1 aliphatic carbocycles. The molecular weight excluding hydrogens is 390 g/mol. The van der Waals surface area contributed by atoms with E-state index in [2.05, 4.69) is 5.32 Å². The second-order valence-corrected chi connectivity index (χ2v) is 10.4. The number of aldehydes is 1. The molecule has 7 heteroatoms. The van der Waals surface area contributed by atoms with Crippen molar-refractivity contribution < 1.29 is 22.7 Å². The topological polar surface area (TPSA) is 89.5 Å². The van der Waals surface area contributed by atoms with Gasteiger partial charge in [-0.05, 0) is 45.4 Å². The number of amides is 1. The van der Waals surface area contributed by atoms with Gasteiger partial charge >= 0.3 is 6.09 Å². The molecule has 154 valence electrons. The summed E-state index contributed by atoms with van der Waals surface area (Å²) < 4.78 is 32.0. The number of alkyl carbamates (subject to hydrolysis) is 1. The molecule has 0 aromatic heterocycles. The van der Waals surface area contributed by atoms with Gasteiger partial charge in [-0.3, -0.25) is 0 Å². The minimum absolute atomic E-state index is 0.115. The van der Waals surface area contributed by atoms with Gasteiger partial charge in [0.05, 0.1) is 4.90 Å². The normalized spacial score (nSPS) is 23.9. The molecule has 6 nitrogen and oxygen atoms in total. The van der Waals surface area contributed by atoms with E-state index in [1.165, 1.54) is 12.1 Å². The lowest BCUT2D eigenvalue weighted by molar-refractivity contribution is -0.110. The summed E-state index contributed by atoms with van der Waals surface area (Å²) in [6, 6.07) is 15.3. The monoisotopic (exact) mass is 415 g/mol. The first-order valence-electron chi connectivity index (χ1n) is 9.34. The molecule has 1 aliphatic rings. The summed E-state index contributed by atoms with van der Waals surface area (Å²) >= 11 is 0. The minimum atomic E-state index is -3.89. The van der Waals surface area contributed by atoms with Crippen LogP contribution in [0.4, 0.5) is 4.79 Å².